The zero-order valence-corrected chi connectivity index (χ0v) is 23.8. The Morgan fingerprint density at radius 1 is 1.16 bits per heavy atom. The van der Waals surface area contributed by atoms with Crippen LogP contribution in [0.3, 0.4) is 0 Å². The van der Waals surface area contributed by atoms with E-state index >= 15 is 0 Å². The second-order valence-corrected chi connectivity index (χ2v) is 12.6. The van der Waals surface area contributed by atoms with E-state index in [2.05, 4.69) is 22.0 Å². The Kier molecular flexibility index (Phi) is 6.42. The van der Waals surface area contributed by atoms with E-state index in [9.17, 15) is 37.1 Å². The number of hydrogen-bond donors (Lipinski definition) is 1. The molecule has 14 heteroatoms. The fourth-order valence-corrected chi connectivity index (χ4v) is 7.41. The number of benzene rings is 1. The highest BCUT2D eigenvalue weighted by molar-refractivity contribution is 6.00. The minimum Gasteiger partial charge on any atom is -0.482 e. The number of pyridine rings is 2. The van der Waals surface area contributed by atoms with Gasteiger partial charge in [0.1, 0.15) is 23.5 Å². The van der Waals surface area contributed by atoms with Crippen LogP contribution < -0.4 is 9.64 Å². The molecule has 3 fully saturated rings. The van der Waals surface area contributed by atoms with Gasteiger partial charge in [0.2, 0.25) is 0 Å². The Hall–Kier alpha value is -4.64. The molecule has 0 radical (unpaired) electrons. The zero-order valence-electron chi connectivity index (χ0n) is 23.8. The molecule has 1 aromatic carbocycles. The molecule has 2 bridgehead atoms. The van der Waals surface area contributed by atoms with Crippen molar-refractivity contribution in [2.45, 2.75) is 58.0 Å². The van der Waals surface area contributed by atoms with Crippen molar-refractivity contribution < 1.29 is 36.6 Å². The van der Waals surface area contributed by atoms with Crippen LogP contribution in [0.1, 0.15) is 43.1 Å². The van der Waals surface area contributed by atoms with Gasteiger partial charge in [-0.25, -0.2) is 18.4 Å². The molecule has 9 nitrogen and oxygen atoms in total. The average molecular weight is 625 g/mol. The SMILES string of the molecule is CC12CC(Cn3ncc4c(-c5ccc6c(c5)OCC(=O)N6Cc5ncc(F)cc5F)c(C#N)c(CC(O)C(F)(F)F)nc43)(C1)C2. The summed E-state index contributed by atoms with van der Waals surface area (Å²) in [5.41, 5.74) is 0.970. The smallest absolute Gasteiger partial charge is 0.414 e. The molecule has 232 valence electrons. The van der Waals surface area contributed by atoms with E-state index in [0.29, 0.717) is 29.0 Å². The van der Waals surface area contributed by atoms with Gasteiger partial charge in [-0.1, -0.05) is 13.0 Å². The van der Waals surface area contributed by atoms with E-state index in [1.807, 2.05) is 6.07 Å². The lowest BCUT2D eigenvalue weighted by molar-refractivity contribution is -0.203. The van der Waals surface area contributed by atoms with E-state index in [1.54, 1.807) is 10.7 Å². The second kappa shape index (κ2) is 9.93. The van der Waals surface area contributed by atoms with Crippen molar-refractivity contribution in [2.24, 2.45) is 10.8 Å². The molecule has 3 aliphatic carbocycles. The summed E-state index contributed by atoms with van der Waals surface area (Å²) in [7, 11) is 0. The lowest BCUT2D eigenvalue weighted by Gasteiger charge is -2.69. The van der Waals surface area contributed by atoms with Gasteiger partial charge in [0.05, 0.1) is 41.6 Å². The van der Waals surface area contributed by atoms with Gasteiger partial charge in [-0.3, -0.25) is 14.7 Å². The van der Waals surface area contributed by atoms with Crippen molar-refractivity contribution in [3.8, 4) is 22.9 Å². The van der Waals surface area contributed by atoms with Gasteiger partial charge in [0, 0.05) is 30.0 Å². The Bertz CT molecular complexity index is 1910. The van der Waals surface area contributed by atoms with Crippen LogP contribution in [0.2, 0.25) is 0 Å². The topological polar surface area (TPSA) is 117 Å². The Balaban J connectivity index is 1.32. The van der Waals surface area contributed by atoms with Crippen LogP contribution in [-0.4, -0.2) is 49.6 Å². The van der Waals surface area contributed by atoms with Crippen LogP contribution in [0.25, 0.3) is 22.2 Å². The van der Waals surface area contributed by atoms with Crippen LogP contribution in [0, 0.1) is 33.8 Å². The summed E-state index contributed by atoms with van der Waals surface area (Å²) in [6.07, 6.45) is -3.22. The molecule has 3 saturated carbocycles. The fraction of sp³-hybridized carbons (Fsp3) is 0.387. The number of rotatable bonds is 7. The molecular weight excluding hydrogens is 599 g/mol. The Labute approximate surface area is 252 Å². The number of nitriles is 1. The van der Waals surface area contributed by atoms with Crippen LogP contribution >= 0.6 is 0 Å². The lowest BCUT2D eigenvalue weighted by atomic mass is 9.36. The summed E-state index contributed by atoms with van der Waals surface area (Å²) in [5, 5.41) is 25.1. The summed E-state index contributed by atoms with van der Waals surface area (Å²) in [6, 6.07) is 7.24. The molecule has 0 saturated heterocycles. The maximum atomic E-state index is 14.4. The summed E-state index contributed by atoms with van der Waals surface area (Å²) in [5.74, 6) is -2.11. The number of anilines is 1. The van der Waals surface area contributed by atoms with E-state index in [1.165, 1.54) is 23.2 Å². The molecule has 4 aliphatic rings. The number of aliphatic hydroxyl groups excluding tert-OH is 1. The number of aliphatic hydroxyl groups is 1. The van der Waals surface area contributed by atoms with Crippen LogP contribution in [0.15, 0.2) is 36.7 Å². The third-order valence-corrected chi connectivity index (χ3v) is 9.01. The number of alkyl halides is 3. The normalized spacial score (nSPS) is 22.7. The number of amides is 1. The third kappa shape index (κ3) is 4.86. The molecule has 8 rings (SSSR count). The van der Waals surface area contributed by atoms with Gasteiger partial charge in [-0.2, -0.15) is 23.5 Å². The van der Waals surface area contributed by atoms with E-state index in [4.69, 9.17) is 4.74 Å². The Morgan fingerprint density at radius 2 is 1.91 bits per heavy atom. The first-order chi connectivity index (χ1) is 21.3. The zero-order chi connectivity index (χ0) is 31.9. The van der Waals surface area contributed by atoms with Crippen LogP contribution in [0.4, 0.5) is 27.6 Å². The highest BCUT2D eigenvalue weighted by Crippen LogP contribution is 2.73. The molecule has 1 unspecified atom stereocenters. The maximum absolute atomic E-state index is 14.4. The average Bonchev–Trinajstić information content (AvgIpc) is 3.34. The van der Waals surface area contributed by atoms with Crippen LogP contribution in [0.5, 0.6) is 5.75 Å². The van der Waals surface area contributed by atoms with Gasteiger partial charge in [-0.15, -0.1) is 0 Å². The molecule has 0 spiro atoms. The number of carbonyl (C=O) groups excluding carboxylic acids is 1. The van der Waals surface area contributed by atoms with Crippen molar-refractivity contribution >= 4 is 22.6 Å². The minimum absolute atomic E-state index is 0.0452. The first kappa shape index (κ1) is 29.1. The third-order valence-electron chi connectivity index (χ3n) is 9.01. The molecular formula is C31H25F5N6O3. The van der Waals surface area contributed by atoms with Crippen molar-refractivity contribution in [1.29, 1.82) is 5.26 Å². The predicted molar refractivity (Wildman–Crippen MR) is 149 cm³/mol. The molecule has 4 heterocycles. The standard InChI is InChI=1S/C31H25F5N6O3/c1-29-12-30(13-29,14-29)15-42-28-19(9-39-42)27(18(7-37)21(40-28)6-25(43)31(34,35)36)16-2-3-23-24(4-16)45-11-26(44)41(23)10-22-20(33)5-17(32)8-38-22/h2-5,8-9,25,43H,6,10-15H2,1H3. The fourth-order valence-electron chi connectivity index (χ4n) is 7.41. The number of halogens is 5. The molecule has 45 heavy (non-hydrogen) atoms. The van der Waals surface area contributed by atoms with Gasteiger partial charge in [0.25, 0.3) is 5.91 Å². The van der Waals surface area contributed by atoms with E-state index in [-0.39, 0.29) is 51.6 Å². The number of ether oxygens (including phenoxy) is 1. The van der Waals surface area contributed by atoms with Crippen molar-refractivity contribution in [1.82, 2.24) is 19.7 Å². The van der Waals surface area contributed by atoms with Gasteiger partial charge in [0.15, 0.2) is 18.4 Å². The van der Waals surface area contributed by atoms with Crippen LogP contribution in [-0.2, 0) is 24.3 Å². The number of hydrogen-bond acceptors (Lipinski definition) is 7. The van der Waals surface area contributed by atoms with Gasteiger partial charge < -0.3 is 9.84 Å². The highest BCUT2D eigenvalue weighted by Gasteiger charge is 2.64. The second-order valence-electron chi connectivity index (χ2n) is 12.6. The van der Waals surface area contributed by atoms with Gasteiger partial charge in [-0.05, 0) is 47.8 Å². The molecule has 1 atom stereocenters. The first-order valence-electron chi connectivity index (χ1n) is 14.2. The molecule has 1 amide bonds. The monoisotopic (exact) mass is 624 g/mol. The quantitative estimate of drug-likeness (QED) is 0.280. The number of aromatic nitrogens is 4. The maximum Gasteiger partial charge on any atom is 0.414 e. The van der Waals surface area contributed by atoms with Crippen molar-refractivity contribution in [3.05, 3.63) is 65.2 Å². The lowest BCUT2D eigenvalue weighted by Crippen LogP contribution is -2.61. The predicted octanol–water partition coefficient (Wildman–Crippen LogP) is 5.22. The van der Waals surface area contributed by atoms with Crippen molar-refractivity contribution in [3.63, 3.8) is 0 Å². The highest BCUT2D eigenvalue weighted by atomic mass is 19.4. The minimum atomic E-state index is -4.93. The van der Waals surface area contributed by atoms with Gasteiger partial charge >= 0.3 is 6.18 Å². The Morgan fingerprint density at radius 3 is 2.58 bits per heavy atom. The summed E-state index contributed by atoms with van der Waals surface area (Å²) in [4.78, 5) is 22.2. The molecule has 4 aromatic rings. The number of fused-ring (bicyclic) bond motifs is 2. The van der Waals surface area contributed by atoms with E-state index < -0.39 is 42.8 Å². The molecule has 1 aliphatic heterocycles. The summed E-state index contributed by atoms with van der Waals surface area (Å²) < 4.78 is 75.4. The summed E-state index contributed by atoms with van der Waals surface area (Å²) >= 11 is 0. The first-order valence-corrected chi connectivity index (χ1v) is 14.2. The molecule has 1 N–H and O–H groups in total. The molecule has 3 aromatic heterocycles. The number of nitrogens with zero attached hydrogens (tertiary/aromatic N) is 6. The van der Waals surface area contributed by atoms with Crippen molar-refractivity contribution in [2.75, 3.05) is 11.5 Å². The largest absolute Gasteiger partial charge is 0.482 e. The summed E-state index contributed by atoms with van der Waals surface area (Å²) in [6.45, 7) is 2.01. The van der Waals surface area contributed by atoms with E-state index in [0.717, 1.165) is 25.5 Å². The number of carbonyl (C=O) groups is 1.